The van der Waals surface area contributed by atoms with Crippen molar-refractivity contribution in [2.75, 3.05) is 19.6 Å². The van der Waals surface area contributed by atoms with E-state index in [2.05, 4.69) is 0 Å². The van der Waals surface area contributed by atoms with E-state index in [1.807, 2.05) is 4.90 Å². The van der Waals surface area contributed by atoms with Gasteiger partial charge in [-0.15, -0.1) is 0 Å². The molecule has 4 N–H and O–H groups in total. The fourth-order valence-electron chi connectivity index (χ4n) is 2.59. The van der Waals surface area contributed by atoms with E-state index in [1.54, 1.807) is 24.3 Å². The molecule has 1 fully saturated rings. The van der Waals surface area contributed by atoms with Gasteiger partial charge in [-0.2, -0.15) is 0 Å². The van der Waals surface area contributed by atoms with Crippen LogP contribution >= 0.6 is 0 Å². The molecule has 1 aromatic carbocycles. The summed E-state index contributed by atoms with van der Waals surface area (Å²) in [5.74, 6) is 0. The van der Waals surface area contributed by atoms with E-state index in [-0.39, 0.29) is 19.1 Å². The molecule has 0 aromatic heterocycles. The molecule has 1 aliphatic rings. The molecule has 1 aliphatic heterocycles. The lowest BCUT2D eigenvalue weighted by Crippen LogP contribution is -2.32. The molecule has 0 bridgehead atoms. The summed E-state index contributed by atoms with van der Waals surface area (Å²) in [6.45, 7) is 1.84. The molecule has 1 saturated heterocycles. The van der Waals surface area contributed by atoms with Gasteiger partial charge in [-0.05, 0) is 17.5 Å². The third-order valence-electron chi connectivity index (χ3n) is 3.76. The van der Waals surface area contributed by atoms with Gasteiger partial charge < -0.3 is 20.4 Å². The Bertz CT molecular complexity index is 409. The third kappa shape index (κ3) is 4.26. The van der Waals surface area contributed by atoms with Crippen molar-refractivity contribution in [3.63, 3.8) is 0 Å². The Hall–Kier alpha value is -0.980. The molecule has 5 nitrogen and oxygen atoms in total. The average molecular weight is 281 g/mol. The van der Waals surface area contributed by atoms with Crippen LogP contribution in [0.4, 0.5) is 0 Å². The number of rotatable bonds is 6. The quantitative estimate of drug-likeness (QED) is 0.591. The zero-order valence-corrected chi connectivity index (χ0v) is 11.5. The summed E-state index contributed by atoms with van der Waals surface area (Å²) in [4.78, 5) is 2.01. The average Bonchev–Trinajstić information content (AvgIpc) is 2.84. The van der Waals surface area contributed by atoms with E-state index < -0.39 is 12.2 Å². The molecule has 3 unspecified atom stereocenters. The highest BCUT2D eigenvalue weighted by molar-refractivity contribution is 5.23. The molecular formula is C15H23NO4. The van der Waals surface area contributed by atoms with Crippen molar-refractivity contribution in [3.05, 3.63) is 35.4 Å². The predicted octanol–water partition coefficient (Wildman–Crippen LogP) is 0.0299. The van der Waals surface area contributed by atoms with Crippen LogP contribution in [0, 0.1) is 0 Å². The fourth-order valence-corrected chi connectivity index (χ4v) is 2.59. The first-order chi connectivity index (χ1) is 9.58. The zero-order valence-electron chi connectivity index (χ0n) is 11.5. The van der Waals surface area contributed by atoms with Gasteiger partial charge in [0.25, 0.3) is 0 Å². The maximum atomic E-state index is 10.1. The number of hydrogen-bond donors (Lipinski definition) is 4. The maximum absolute atomic E-state index is 10.1. The molecule has 20 heavy (non-hydrogen) atoms. The summed E-state index contributed by atoms with van der Waals surface area (Å²) in [5.41, 5.74) is 1.54. The van der Waals surface area contributed by atoms with Gasteiger partial charge >= 0.3 is 0 Å². The lowest BCUT2D eigenvalue weighted by molar-refractivity contribution is 0.0558. The summed E-state index contributed by atoms with van der Waals surface area (Å²) in [6.07, 6.45) is -0.612. The molecule has 112 valence electrons. The van der Waals surface area contributed by atoms with Crippen molar-refractivity contribution in [2.45, 2.75) is 37.8 Å². The Labute approximate surface area is 119 Å². The summed E-state index contributed by atoms with van der Waals surface area (Å²) < 4.78 is 0. The van der Waals surface area contributed by atoms with Gasteiger partial charge in [0.2, 0.25) is 0 Å². The summed E-state index contributed by atoms with van der Waals surface area (Å²) >= 11 is 0. The van der Waals surface area contributed by atoms with Crippen LogP contribution in [-0.2, 0) is 6.61 Å². The molecule has 0 radical (unpaired) electrons. The summed E-state index contributed by atoms with van der Waals surface area (Å²) in [7, 11) is 0. The van der Waals surface area contributed by atoms with Crippen LogP contribution in [0.1, 0.15) is 30.1 Å². The smallest absolute Gasteiger partial charge is 0.0815 e. The molecule has 2 rings (SSSR count). The predicted molar refractivity (Wildman–Crippen MR) is 75.0 cm³/mol. The minimum Gasteiger partial charge on any atom is -0.392 e. The molecule has 1 aromatic rings. The molecular weight excluding hydrogens is 258 g/mol. The second-order valence-electron chi connectivity index (χ2n) is 5.51. The van der Waals surface area contributed by atoms with Crippen LogP contribution in [0.25, 0.3) is 0 Å². The van der Waals surface area contributed by atoms with Crippen molar-refractivity contribution in [1.29, 1.82) is 0 Å². The van der Waals surface area contributed by atoms with Gasteiger partial charge in [0.05, 0.1) is 24.9 Å². The molecule has 1 heterocycles. The van der Waals surface area contributed by atoms with E-state index >= 15 is 0 Å². The van der Waals surface area contributed by atoms with Crippen LogP contribution in [-0.4, -0.2) is 57.2 Å². The highest BCUT2D eigenvalue weighted by Crippen LogP contribution is 2.20. The van der Waals surface area contributed by atoms with Gasteiger partial charge in [-0.3, -0.25) is 4.90 Å². The van der Waals surface area contributed by atoms with E-state index in [4.69, 9.17) is 5.11 Å². The molecule has 0 saturated carbocycles. The lowest BCUT2D eigenvalue weighted by atomic mass is 10.0. The monoisotopic (exact) mass is 281 g/mol. The Balaban J connectivity index is 1.81. The van der Waals surface area contributed by atoms with Crippen molar-refractivity contribution in [1.82, 2.24) is 4.90 Å². The number of hydrogen-bond acceptors (Lipinski definition) is 5. The Morgan fingerprint density at radius 1 is 1.20 bits per heavy atom. The summed E-state index contributed by atoms with van der Waals surface area (Å²) in [6, 6.07) is 7.06. The number of aliphatic hydroxyl groups excluding tert-OH is 4. The number of nitrogens with zero attached hydrogens (tertiary/aromatic N) is 1. The highest BCUT2D eigenvalue weighted by atomic mass is 16.3. The number of β-amino-alcohol motifs (C(OH)–C–C–N with tert-alkyl or cyclic N) is 2. The first kappa shape index (κ1) is 15.4. The van der Waals surface area contributed by atoms with Crippen LogP contribution in [0.3, 0.4) is 0 Å². The SMILES string of the molecule is OCc1ccc(C(O)CC(O)CN2CCC(O)C2)cc1. The largest absolute Gasteiger partial charge is 0.392 e. The Kier molecular flexibility index (Phi) is 5.51. The molecule has 0 spiro atoms. The van der Waals surface area contributed by atoms with Crippen molar-refractivity contribution in [3.8, 4) is 0 Å². The first-order valence-electron chi connectivity index (χ1n) is 7.04. The first-order valence-corrected chi connectivity index (χ1v) is 7.04. The van der Waals surface area contributed by atoms with E-state index in [0.29, 0.717) is 13.1 Å². The topological polar surface area (TPSA) is 84.2 Å². The number of likely N-dealkylation sites (tertiary alicyclic amines) is 1. The van der Waals surface area contributed by atoms with Crippen LogP contribution in [0.2, 0.25) is 0 Å². The van der Waals surface area contributed by atoms with Gasteiger partial charge in [0.15, 0.2) is 0 Å². The van der Waals surface area contributed by atoms with E-state index in [0.717, 1.165) is 24.1 Å². The van der Waals surface area contributed by atoms with E-state index in [9.17, 15) is 15.3 Å². The normalized spacial score (nSPS) is 22.9. The standard InChI is InChI=1S/C15H23NO4/c17-10-11-1-3-12(4-2-11)15(20)7-14(19)9-16-6-5-13(18)8-16/h1-4,13-15,17-20H,5-10H2. The molecule has 5 heteroatoms. The van der Waals surface area contributed by atoms with Gasteiger partial charge in [-0.25, -0.2) is 0 Å². The third-order valence-corrected chi connectivity index (χ3v) is 3.76. The van der Waals surface area contributed by atoms with Gasteiger partial charge in [-0.1, -0.05) is 24.3 Å². The van der Waals surface area contributed by atoms with Crippen molar-refractivity contribution in [2.24, 2.45) is 0 Å². The van der Waals surface area contributed by atoms with Crippen LogP contribution in [0.5, 0.6) is 0 Å². The molecule has 3 atom stereocenters. The van der Waals surface area contributed by atoms with Crippen LogP contribution in [0.15, 0.2) is 24.3 Å². The second-order valence-corrected chi connectivity index (χ2v) is 5.51. The minimum atomic E-state index is -0.717. The Morgan fingerprint density at radius 2 is 1.90 bits per heavy atom. The maximum Gasteiger partial charge on any atom is 0.0815 e. The molecule has 0 aliphatic carbocycles. The Morgan fingerprint density at radius 3 is 2.45 bits per heavy atom. The zero-order chi connectivity index (χ0) is 14.5. The minimum absolute atomic E-state index is 0.0176. The fraction of sp³-hybridized carbons (Fsp3) is 0.600. The lowest BCUT2D eigenvalue weighted by Gasteiger charge is -2.21. The number of aliphatic hydroxyl groups is 4. The van der Waals surface area contributed by atoms with Crippen molar-refractivity contribution < 1.29 is 20.4 Å². The molecule has 0 amide bonds. The number of benzene rings is 1. The second kappa shape index (κ2) is 7.15. The van der Waals surface area contributed by atoms with E-state index in [1.165, 1.54) is 0 Å². The highest BCUT2D eigenvalue weighted by Gasteiger charge is 2.23. The van der Waals surface area contributed by atoms with Crippen molar-refractivity contribution >= 4 is 0 Å². The van der Waals surface area contributed by atoms with Gasteiger partial charge in [0.1, 0.15) is 0 Å². The van der Waals surface area contributed by atoms with Crippen LogP contribution < -0.4 is 0 Å². The van der Waals surface area contributed by atoms with Gasteiger partial charge in [0, 0.05) is 26.1 Å². The summed E-state index contributed by atoms with van der Waals surface area (Å²) in [5, 5.41) is 38.5.